The van der Waals surface area contributed by atoms with Crippen molar-refractivity contribution in [1.29, 1.82) is 0 Å². The number of rotatable bonds is 13. The van der Waals surface area contributed by atoms with Crippen LogP contribution in [-0.4, -0.2) is 24.1 Å². The van der Waals surface area contributed by atoms with Gasteiger partial charge in [0.2, 0.25) is 0 Å². The minimum atomic E-state index is -0.815. The number of hydrogen-bond acceptors (Lipinski definition) is 7. The largest absolute Gasteiger partial charge is 0.507 e. The summed E-state index contributed by atoms with van der Waals surface area (Å²) in [5, 5.41) is 12.9. The number of aromatic hydroxyl groups is 1. The van der Waals surface area contributed by atoms with Gasteiger partial charge in [0.05, 0.1) is 7.11 Å². The minimum Gasteiger partial charge on any atom is -0.507 e. The molecule has 2 aromatic rings. The number of thiophene rings is 1. The lowest BCUT2D eigenvalue weighted by atomic mass is 9.94. The Bertz CT molecular complexity index is 1070. The zero-order valence-corrected chi connectivity index (χ0v) is 20.8. The van der Waals surface area contributed by atoms with Crippen molar-refractivity contribution in [2.24, 2.45) is 5.92 Å². The van der Waals surface area contributed by atoms with Crippen molar-refractivity contribution in [3.8, 4) is 5.75 Å². The number of methoxy groups -OCH3 is 1. The van der Waals surface area contributed by atoms with Gasteiger partial charge in [-0.15, -0.1) is 17.9 Å². The molecule has 2 atom stereocenters. The molecule has 2 aromatic heterocycles. The van der Waals surface area contributed by atoms with Crippen LogP contribution in [0.25, 0.3) is 0 Å². The van der Waals surface area contributed by atoms with E-state index in [-0.39, 0.29) is 17.2 Å². The maximum absolute atomic E-state index is 12.9. The molecule has 2 heterocycles. The van der Waals surface area contributed by atoms with Gasteiger partial charge in [0, 0.05) is 33.9 Å². The van der Waals surface area contributed by atoms with Gasteiger partial charge >= 0.3 is 11.7 Å². The van der Waals surface area contributed by atoms with Crippen LogP contribution < -0.4 is 10.9 Å². The Morgan fingerprint density at radius 2 is 1.91 bits per heavy atom. The van der Waals surface area contributed by atoms with E-state index in [1.54, 1.807) is 24.3 Å². The highest BCUT2D eigenvalue weighted by atomic mass is 32.1. The maximum Gasteiger partial charge on any atom is 0.410 e. The van der Waals surface area contributed by atoms with Crippen molar-refractivity contribution in [2.75, 3.05) is 7.11 Å². The van der Waals surface area contributed by atoms with E-state index in [1.165, 1.54) is 29.1 Å². The standard InChI is InChI=1S/C26H33NO6S/c1-5-6-10-19-13-14-20(34-19)12-11-18(3)24(29)23-21(28)16-22(33-25(23)30)17(2)9-7-8-15-27-26(31)32-4/h5,8,13-18,28H,1,6-7,9-12H2,2-4H3,(H,27,31)/b15-8+. The number of nitrogens with one attached hydrogen (secondary N) is 1. The zero-order chi connectivity index (χ0) is 25.1. The van der Waals surface area contributed by atoms with Gasteiger partial charge in [-0.3, -0.25) is 10.1 Å². The van der Waals surface area contributed by atoms with Crippen LogP contribution in [0.5, 0.6) is 5.75 Å². The quantitative estimate of drug-likeness (QED) is 0.276. The number of alkyl carbamates (subject to hydrolysis) is 1. The molecule has 0 saturated carbocycles. The molecule has 0 spiro atoms. The van der Waals surface area contributed by atoms with Crippen molar-refractivity contribution in [3.63, 3.8) is 0 Å². The second kappa shape index (κ2) is 13.5. The van der Waals surface area contributed by atoms with Crippen molar-refractivity contribution < 1.29 is 23.8 Å². The molecule has 7 nitrogen and oxygen atoms in total. The zero-order valence-electron chi connectivity index (χ0n) is 20.0. The number of Topliss-reactive ketones (excluding diaryl/α,β-unsaturated/α-hetero) is 1. The lowest BCUT2D eigenvalue weighted by molar-refractivity contribution is 0.0916. The summed E-state index contributed by atoms with van der Waals surface area (Å²) in [5.41, 5.74) is -1.10. The van der Waals surface area contributed by atoms with Gasteiger partial charge < -0.3 is 14.3 Å². The number of carbonyl (C=O) groups excluding carboxylic acids is 2. The Kier molecular flexibility index (Phi) is 10.8. The molecule has 8 heteroatoms. The molecule has 0 fully saturated rings. The Labute approximate surface area is 204 Å². The molecule has 0 radical (unpaired) electrons. The van der Waals surface area contributed by atoms with Gasteiger partial charge in [-0.1, -0.05) is 26.0 Å². The molecule has 0 bridgehead atoms. The van der Waals surface area contributed by atoms with Crippen LogP contribution in [0.2, 0.25) is 0 Å². The molecule has 1 amide bonds. The molecule has 0 aliphatic rings. The van der Waals surface area contributed by atoms with Gasteiger partial charge in [-0.25, -0.2) is 9.59 Å². The Morgan fingerprint density at radius 3 is 2.56 bits per heavy atom. The summed E-state index contributed by atoms with van der Waals surface area (Å²) >= 11 is 1.73. The van der Waals surface area contributed by atoms with Gasteiger partial charge in [0.25, 0.3) is 0 Å². The SMILES string of the molecule is C=CCCc1ccc(CCC(C)C(=O)c2c(O)cc(C(C)CC/C=C/NC(=O)OC)oc2=O)s1. The van der Waals surface area contributed by atoms with E-state index >= 15 is 0 Å². The highest BCUT2D eigenvalue weighted by molar-refractivity contribution is 7.11. The number of carbonyl (C=O) groups is 2. The summed E-state index contributed by atoms with van der Waals surface area (Å²) in [6, 6.07) is 5.53. The second-order valence-electron chi connectivity index (χ2n) is 8.21. The predicted molar refractivity (Wildman–Crippen MR) is 134 cm³/mol. The summed E-state index contributed by atoms with van der Waals surface area (Å²) in [6.45, 7) is 7.36. The van der Waals surface area contributed by atoms with E-state index < -0.39 is 23.4 Å². The molecule has 0 aliphatic carbocycles. The third kappa shape index (κ3) is 8.02. The third-order valence-corrected chi connectivity index (χ3v) is 6.74. The summed E-state index contributed by atoms with van der Waals surface area (Å²) in [7, 11) is 1.28. The third-order valence-electron chi connectivity index (χ3n) is 5.54. The van der Waals surface area contributed by atoms with Crippen LogP contribution in [0.3, 0.4) is 0 Å². The molecule has 0 aromatic carbocycles. The summed E-state index contributed by atoms with van der Waals surface area (Å²) in [5.74, 6) is -1.04. The summed E-state index contributed by atoms with van der Waals surface area (Å²) in [4.78, 5) is 38.9. The number of aryl methyl sites for hydroxylation is 2. The lowest BCUT2D eigenvalue weighted by Crippen LogP contribution is -2.21. The molecule has 184 valence electrons. The Hall–Kier alpha value is -3.13. The monoisotopic (exact) mass is 487 g/mol. The Balaban J connectivity index is 1.96. The van der Waals surface area contributed by atoms with Gasteiger partial charge in [-0.05, 0) is 50.7 Å². The number of amides is 1. The summed E-state index contributed by atoms with van der Waals surface area (Å²) < 4.78 is 9.85. The molecule has 0 aliphatic heterocycles. The highest BCUT2D eigenvalue weighted by Gasteiger charge is 2.25. The van der Waals surface area contributed by atoms with E-state index in [1.807, 2.05) is 13.0 Å². The molecule has 2 N–H and O–H groups in total. The fourth-order valence-corrected chi connectivity index (χ4v) is 4.45. The highest BCUT2D eigenvalue weighted by Crippen LogP contribution is 2.27. The lowest BCUT2D eigenvalue weighted by Gasteiger charge is -2.13. The molecule has 34 heavy (non-hydrogen) atoms. The van der Waals surface area contributed by atoms with Crippen LogP contribution in [0.4, 0.5) is 4.79 Å². The van der Waals surface area contributed by atoms with Gasteiger partial charge in [-0.2, -0.15) is 0 Å². The number of hydrogen-bond donors (Lipinski definition) is 2. The molecule has 2 rings (SSSR count). The molecule has 0 saturated heterocycles. The fraction of sp³-hybridized carbons (Fsp3) is 0.423. The van der Waals surface area contributed by atoms with Crippen molar-refractivity contribution in [1.82, 2.24) is 5.32 Å². The average molecular weight is 488 g/mol. The van der Waals surface area contributed by atoms with E-state index in [0.29, 0.717) is 25.0 Å². The first-order chi connectivity index (χ1) is 16.3. The molecular weight excluding hydrogens is 454 g/mol. The van der Waals surface area contributed by atoms with Crippen molar-refractivity contribution in [3.05, 3.63) is 74.6 Å². The van der Waals surface area contributed by atoms with Crippen LogP contribution in [0.15, 0.2) is 52.3 Å². The molecule has 2 unspecified atom stereocenters. The molecular formula is C26H33NO6S. The second-order valence-corrected chi connectivity index (χ2v) is 9.47. The number of ether oxygens (including phenoxy) is 1. The van der Waals surface area contributed by atoms with Crippen LogP contribution in [0.1, 0.15) is 71.3 Å². The smallest absolute Gasteiger partial charge is 0.410 e. The first-order valence-electron chi connectivity index (χ1n) is 11.4. The first kappa shape index (κ1) is 27.1. The van der Waals surface area contributed by atoms with Crippen LogP contribution in [-0.2, 0) is 17.6 Å². The minimum absolute atomic E-state index is 0.169. The van der Waals surface area contributed by atoms with Crippen LogP contribution in [0, 0.1) is 5.92 Å². The van der Waals surface area contributed by atoms with E-state index in [4.69, 9.17) is 4.42 Å². The first-order valence-corrected chi connectivity index (χ1v) is 12.2. The van der Waals surface area contributed by atoms with Crippen LogP contribution >= 0.6 is 11.3 Å². The summed E-state index contributed by atoms with van der Waals surface area (Å²) in [6.07, 6.45) is 8.98. The fourth-order valence-electron chi connectivity index (χ4n) is 3.40. The topological polar surface area (TPSA) is 106 Å². The van der Waals surface area contributed by atoms with Gasteiger partial charge in [0.1, 0.15) is 17.1 Å². The Morgan fingerprint density at radius 1 is 1.21 bits per heavy atom. The van der Waals surface area contributed by atoms with E-state index in [2.05, 4.69) is 28.8 Å². The normalized spacial score (nSPS) is 12.9. The predicted octanol–water partition coefficient (Wildman–Crippen LogP) is 5.73. The van der Waals surface area contributed by atoms with Crippen molar-refractivity contribution >= 4 is 23.2 Å². The maximum atomic E-state index is 12.9. The van der Waals surface area contributed by atoms with Crippen molar-refractivity contribution in [2.45, 2.75) is 58.3 Å². The number of allylic oxidation sites excluding steroid dienone is 2. The average Bonchev–Trinajstić information content (AvgIpc) is 3.27. The van der Waals surface area contributed by atoms with E-state index in [0.717, 1.165) is 19.3 Å². The van der Waals surface area contributed by atoms with Gasteiger partial charge in [0.15, 0.2) is 5.78 Å². The van der Waals surface area contributed by atoms with E-state index in [9.17, 15) is 19.5 Å². The number of ketones is 1.